The number of anilines is 1. The second-order valence-corrected chi connectivity index (χ2v) is 5.10. The molecular formula is C13H13F9N4O6. The topological polar surface area (TPSA) is 176 Å². The van der Waals surface area contributed by atoms with Crippen molar-refractivity contribution in [2.75, 3.05) is 18.8 Å². The lowest BCUT2D eigenvalue weighted by molar-refractivity contribution is -0.193. The van der Waals surface area contributed by atoms with E-state index in [-0.39, 0.29) is 0 Å². The maximum absolute atomic E-state index is 10.6. The third kappa shape index (κ3) is 14.6. The number of carbonyl (C=O) groups is 3. The lowest BCUT2D eigenvalue weighted by Crippen LogP contribution is -2.40. The molecule has 6 N–H and O–H groups in total. The third-order valence-electron chi connectivity index (χ3n) is 2.62. The van der Waals surface area contributed by atoms with E-state index in [1.54, 1.807) is 6.20 Å². The molecule has 19 heteroatoms. The summed E-state index contributed by atoms with van der Waals surface area (Å²) in [6.45, 7) is 2.02. The summed E-state index contributed by atoms with van der Waals surface area (Å²) in [4.78, 5) is 34.6. The van der Waals surface area contributed by atoms with Crippen molar-refractivity contribution in [3.8, 4) is 0 Å². The summed E-state index contributed by atoms with van der Waals surface area (Å²) >= 11 is 0. The maximum atomic E-state index is 10.6. The van der Waals surface area contributed by atoms with Crippen LogP contribution in [0.2, 0.25) is 0 Å². The molecule has 1 aliphatic heterocycles. The average molecular weight is 492 g/mol. The number of hydrogen-bond donors (Lipinski definition) is 5. The van der Waals surface area contributed by atoms with E-state index in [9.17, 15) is 39.5 Å². The number of carboxylic acid groups (broad SMARTS) is 3. The SMILES string of the molecule is Nc1nccc(C2CNC2)n1.O=C(O)C(F)(F)F.O=C(O)C(F)(F)F.O=C(O)C(F)(F)F. The number of nitrogens with zero attached hydrogens (tertiary/aromatic N) is 2. The summed E-state index contributed by atoms with van der Waals surface area (Å²) in [7, 11) is 0. The Morgan fingerprint density at radius 1 is 0.844 bits per heavy atom. The van der Waals surface area contributed by atoms with Crippen LogP contribution in [-0.4, -0.2) is 74.8 Å². The van der Waals surface area contributed by atoms with E-state index in [1.807, 2.05) is 6.07 Å². The molecule has 1 fully saturated rings. The molecule has 0 saturated carbocycles. The van der Waals surface area contributed by atoms with Crippen LogP contribution in [0, 0.1) is 0 Å². The fourth-order valence-electron chi connectivity index (χ4n) is 1.11. The van der Waals surface area contributed by atoms with Crippen LogP contribution in [0.3, 0.4) is 0 Å². The van der Waals surface area contributed by atoms with Crippen molar-refractivity contribution >= 4 is 23.9 Å². The number of alkyl halides is 9. The van der Waals surface area contributed by atoms with Gasteiger partial charge in [0.2, 0.25) is 5.95 Å². The van der Waals surface area contributed by atoms with E-state index in [2.05, 4.69) is 15.3 Å². The second-order valence-electron chi connectivity index (χ2n) is 5.10. The zero-order valence-electron chi connectivity index (χ0n) is 15.1. The van der Waals surface area contributed by atoms with Gasteiger partial charge in [-0.1, -0.05) is 0 Å². The van der Waals surface area contributed by atoms with Crippen molar-refractivity contribution in [1.29, 1.82) is 0 Å². The van der Waals surface area contributed by atoms with E-state index in [1.165, 1.54) is 0 Å². The smallest absolute Gasteiger partial charge is 0.475 e. The molecule has 2 heterocycles. The Hall–Kier alpha value is -3.38. The van der Waals surface area contributed by atoms with E-state index in [4.69, 9.17) is 35.4 Å². The van der Waals surface area contributed by atoms with Crippen LogP contribution in [-0.2, 0) is 14.4 Å². The molecule has 0 aromatic carbocycles. The van der Waals surface area contributed by atoms with Crippen LogP contribution < -0.4 is 11.1 Å². The number of carboxylic acids is 3. The number of nitrogens with one attached hydrogen (secondary N) is 1. The number of aliphatic carboxylic acids is 3. The monoisotopic (exact) mass is 492 g/mol. The minimum atomic E-state index is -5.08. The molecule has 1 aromatic heterocycles. The van der Waals surface area contributed by atoms with Gasteiger partial charge in [0.15, 0.2) is 0 Å². The molecule has 2 rings (SSSR count). The lowest BCUT2D eigenvalue weighted by Gasteiger charge is -2.26. The van der Waals surface area contributed by atoms with Crippen LogP contribution >= 0.6 is 0 Å². The van der Waals surface area contributed by atoms with Crippen molar-refractivity contribution < 1.29 is 69.2 Å². The summed E-state index contributed by atoms with van der Waals surface area (Å²) in [5, 5.41) is 24.6. The Labute approximate surface area is 170 Å². The number of aromatic nitrogens is 2. The first kappa shape index (κ1) is 30.8. The van der Waals surface area contributed by atoms with Crippen LogP contribution in [0.1, 0.15) is 11.6 Å². The molecule has 184 valence electrons. The predicted molar refractivity (Wildman–Crippen MR) is 83.1 cm³/mol. The number of nitrogen functional groups attached to an aromatic ring is 1. The Morgan fingerprint density at radius 2 is 1.16 bits per heavy atom. The molecular weight excluding hydrogens is 479 g/mol. The Bertz CT molecular complexity index is 706. The number of rotatable bonds is 1. The van der Waals surface area contributed by atoms with Gasteiger partial charge in [-0.3, -0.25) is 0 Å². The first-order valence-electron chi connectivity index (χ1n) is 7.39. The molecule has 10 nitrogen and oxygen atoms in total. The number of halogens is 9. The second kappa shape index (κ2) is 12.5. The lowest BCUT2D eigenvalue weighted by atomic mass is 9.99. The standard InChI is InChI=1S/C7H10N4.3C2HF3O2/c8-7-10-2-1-6(11-7)5-3-9-4-5;3*3-2(4,5)1(6)7/h1-2,5,9H,3-4H2,(H2,8,10,11);3*(H,6,7). The van der Waals surface area contributed by atoms with Gasteiger partial charge in [-0.2, -0.15) is 39.5 Å². The molecule has 0 spiro atoms. The predicted octanol–water partition coefficient (Wildman–Crippen LogP) is 1.65. The van der Waals surface area contributed by atoms with Gasteiger partial charge in [0.05, 0.1) is 5.69 Å². The quantitative estimate of drug-likeness (QED) is 0.363. The normalized spacial score (nSPS) is 13.5. The molecule has 0 unspecified atom stereocenters. The van der Waals surface area contributed by atoms with Crippen LogP contribution in [0.4, 0.5) is 45.5 Å². The van der Waals surface area contributed by atoms with Gasteiger partial charge in [-0.25, -0.2) is 24.4 Å². The summed E-state index contributed by atoms with van der Waals surface area (Å²) < 4.78 is 95.2. The highest BCUT2D eigenvalue weighted by molar-refractivity contribution is 5.73. The minimum Gasteiger partial charge on any atom is -0.475 e. The Kier molecular flexibility index (Phi) is 12.0. The van der Waals surface area contributed by atoms with Gasteiger partial charge >= 0.3 is 36.4 Å². The summed E-state index contributed by atoms with van der Waals surface area (Å²) in [6, 6.07) is 1.92. The molecule has 1 saturated heterocycles. The van der Waals surface area contributed by atoms with Gasteiger partial charge in [-0.05, 0) is 6.07 Å². The largest absolute Gasteiger partial charge is 0.490 e. The first-order valence-corrected chi connectivity index (χ1v) is 7.39. The number of hydrogen-bond acceptors (Lipinski definition) is 7. The minimum absolute atomic E-state index is 0.370. The summed E-state index contributed by atoms with van der Waals surface area (Å²) in [6.07, 6.45) is -13.5. The average Bonchev–Trinajstić information content (AvgIpc) is 2.52. The highest BCUT2D eigenvalue weighted by Crippen LogP contribution is 2.17. The highest BCUT2D eigenvalue weighted by Gasteiger charge is 2.39. The van der Waals surface area contributed by atoms with Crippen molar-refractivity contribution in [3.05, 3.63) is 18.0 Å². The zero-order chi connectivity index (χ0) is 25.9. The van der Waals surface area contributed by atoms with Gasteiger partial charge < -0.3 is 26.4 Å². The summed E-state index contributed by atoms with van der Waals surface area (Å²) in [5.74, 6) is -7.36. The van der Waals surface area contributed by atoms with Crippen molar-refractivity contribution in [3.63, 3.8) is 0 Å². The highest BCUT2D eigenvalue weighted by atomic mass is 19.4. The Balaban J connectivity index is 0. The van der Waals surface area contributed by atoms with Crippen LogP contribution in [0.5, 0.6) is 0 Å². The van der Waals surface area contributed by atoms with E-state index in [0.29, 0.717) is 11.9 Å². The third-order valence-corrected chi connectivity index (χ3v) is 2.62. The summed E-state index contributed by atoms with van der Waals surface area (Å²) in [5.41, 5.74) is 6.48. The molecule has 0 atom stereocenters. The molecule has 1 aliphatic rings. The van der Waals surface area contributed by atoms with Gasteiger partial charge in [0.25, 0.3) is 0 Å². The van der Waals surface area contributed by atoms with Crippen molar-refractivity contribution in [1.82, 2.24) is 15.3 Å². The fourth-order valence-corrected chi connectivity index (χ4v) is 1.11. The van der Waals surface area contributed by atoms with Crippen molar-refractivity contribution in [2.24, 2.45) is 0 Å². The van der Waals surface area contributed by atoms with Crippen LogP contribution in [0.15, 0.2) is 12.3 Å². The molecule has 32 heavy (non-hydrogen) atoms. The fraction of sp³-hybridized carbons (Fsp3) is 0.462. The first-order chi connectivity index (χ1) is 14.2. The van der Waals surface area contributed by atoms with Crippen molar-refractivity contribution in [2.45, 2.75) is 24.4 Å². The molecule has 0 radical (unpaired) electrons. The molecule has 0 bridgehead atoms. The van der Waals surface area contributed by atoms with E-state index >= 15 is 0 Å². The molecule has 1 aromatic rings. The molecule has 0 amide bonds. The van der Waals surface area contributed by atoms with Gasteiger partial charge in [-0.15, -0.1) is 0 Å². The maximum Gasteiger partial charge on any atom is 0.490 e. The van der Waals surface area contributed by atoms with Gasteiger partial charge in [0, 0.05) is 25.2 Å². The van der Waals surface area contributed by atoms with E-state index < -0.39 is 36.4 Å². The van der Waals surface area contributed by atoms with E-state index in [0.717, 1.165) is 18.8 Å². The van der Waals surface area contributed by atoms with Gasteiger partial charge in [0.1, 0.15) is 0 Å². The number of nitrogens with two attached hydrogens (primary N) is 1. The zero-order valence-corrected chi connectivity index (χ0v) is 15.1. The van der Waals surface area contributed by atoms with Crippen LogP contribution in [0.25, 0.3) is 0 Å². The molecule has 0 aliphatic carbocycles. The Morgan fingerprint density at radius 3 is 1.34 bits per heavy atom.